The van der Waals surface area contributed by atoms with Crippen molar-refractivity contribution in [2.75, 3.05) is 11.9 Å². The molecule has 1 aromatic carbocycles. The highest BCUT2D eigenvalue weighted by Crippen LogP contribution is 2.10. The SMILES string of the molecule is [O]CCc1ccc(NC(=O)n2nc3ccccn3c2=O)cc1. The molecule has 2 heterocycles. The number of carbonyl (C=O) groups excluding carboxylic acids is 1. The third kappa shape index (κ3) is 2.61. The molecule has 1 N–H and O–H groups in total. The summed E-state index contributed by atoms with van der Waals surface area (Å²) in [4.78, 5) is 24.2. The number of nitrogens with one attached hydrogen (secondary N) is 1. The summed E-state index contributed by atoms with van der Waals surface area (Å²) in [6, 6.07) is 11.3. The van der Waals surface area contributed by atoms with Crippen LogP contribution in [0.25, 0.3) is 5.65 Å². The molecule has 3 aromatic rings. The van der Waals surface area contributed by atoms with Gasteiger partial charge >= 0.3 is 11.7 Å². The summed E-state index contributed by atoms with van der Waals surface area (Å²) >= 11 is 0. The second-order valence-corrected chi connectivity index (χ2v) is 4.70. The molecule has 0 fully saturated rings. The van der Waals surface area contributed by atoms with E-state index in [1.165, 1.54) is 4.40 Å². The summed E-state index contributed by atoms with van der Waals surface area (Å²) in [7, 11) is 0. The van der Waals surface area contributed by atoms with Crippen LogP contribution in [0, 0.1) is 0 Å². The summed E-state index contributed by atoms with van der Waals surface area (Å²) in [5.41, 5.74) is 1.30. The fourth-order valence-electron chi connectivity index (χ4n) is 2.11. The first-order valence-electron chi connectivity index (χ1n) is 6.74. The average Bonchev–Trinajstić information content (AvgIpc) is 2.87. The number of aromatic nitrogens is 3. The number of pyridine rings is 1. The van der Waals surface area contributed by atoms with Gasteiger partial charge in [0, 0.05) is 11.9 Å². The summed E-state index contributed by atoms with van der Waals surface area (Å²) in [5.74, 6) is 0. The van der Waals surface area contributed by atoms with Crippen LogP contribution in [0.2, 0.25) is 0 Å². The van der Waals surface area contributed by atoms with Gasteiger partial charge in [0.1, 0.15) is 0 Å². The van der Waals surface area contributed by atoms with E-state index in [4.69, 9.17) is 0 Å². The van der Waals surface area contributed by atoms with Crippen molar-refractivity contribution >= 4 is 17.4 Å². The highest BCUT2D eigenvalue weighted by molar-refractivity contribution is 5.90. The third-order valence-electron chi connectivity index (χ3n) is 3.22. The Morgan fingerprint density at radius 1 is 1.14 bits per heavy atom. The summed E-state index contributed by atoms with van der Waals surface area (Å²) in [5, 5.41) is 17.1. The number of anilines is 1. The van der Waals surface area contributed by atoms with E-state index in [9.17, 15) is 14.7 Å². The minimum atomic E-state index is -0.634. The van der Waals surface area contributed by atoms with Gasteiger partial charge in [-0.25, -0.2) is 19.1 Å². The van der Waals surface area contributed by atoms with E-state index in [0.29, 0.717) is 17.8 Å². The van der Waals surface area contributed by atoms with E-state index in [-0.39, 0.29) is 6.61 Å². The third-order valence-corrected chi connectivity index (χ3v) is 3.22. The largest absolute Gasteiger partial charge is 0.359 e. The maximum atomic E-state index is 12.1. The zero-order valence-electron chi connectivity index (χ0n) is 11.6. The normalized spacial score (nSPS) is 10.8. The molecule has 0 aliphatic carbocycles. The van der Waals surface area contributed by atoms with E-state index in [1.54, 1.807) is 48.7 Å². The van der Waals surface area contributed by atoms with Crippen LogP contribution in [0.4, 0.5) is 10.5 Å². The molecule has 1 radical (unpaired) electrons. The van der Waals surface area contributed by atoms with Gasteiger partial charge in [0.25, 0.3) is 0 Å². The van der Waals surface area contributed by atoms with E-state index in [0.717, 1.165) is 10.2 Å². The fourth-order valence-corrected chi connectivity index (χ4v) is 2.11. The maximum absolute atomic E-state index is 12.1. The lowest BCUT2D eigenvalue weighted by Gasteiger charge is -2.04. The van der Waals surface area contributed by atoms with E-state index < -0.39 is 11.7 Å². The van der Waals surface area contributed by atoms with Gasteiger partial charge < -0.3 is 5.32 Å². The number of hydrogen-bond donors (Lipinski definition) is 1. The van der Waals surface area contributed by atoms with Crippen LogP contribution in [-0.2, 0) is 11.5 Å². The van der Waals surface area contributed by atoms with Gasteiger partial charge in [-0.1, -0.05) is 18.2 Å². The molecule has 111 valence electrons. The van der Waals surface area contributed by atoms with Crippen LogP contribution in [0.3, 0.4) is 0 Å². The molecule has 1 amide bonds. The zero-order chi connectivity index (χ0) is 15.5. The van der Waals surface area contributed by atoms with Crippen LogP contribution in [0.1, 0.15) is 5.56 Å². The predicted octanol–water partition coefficient (Wildman–Crippen LogP) is 1.55. The Morgan fingerprint density at radius 2 is 1.91 bits per heavy atom. The lowest BCUT2D eigenvalue weighted by molar-refractivity contribution is 0.197. The topological polar surface area (TPSA) is 88.3 Å². The Kier molecular flexibility index (Phi) is 3.71. The van der Waals surface area contributed by atoms with Gasteiger partial charge in [-0.05, 0) is 36.2 Å². The minimum absolute atomic E-state index is 0.178. The number of rotatable bonds is 3. The summed E-state index contributed by atoms with van der Waals surface area (Å²) in [6.07, 6.45) is 1.99. The van der Waals surface area contributed by atoms with E-state index >= 15 is 0 Å². The van der Waals surface area contributed by atoms with Gasteiger partial charge in [0.2, 0.25) is 0 Å². The van der Waals surface area contributed by atoms with Crippen molar-refractivity contribution in [3.8, 4) is 0 Å². The van der Waals surface area contributed by atoms with Crippen molar-refractivity contribution in [1.29, 1.82) is 0 Å². The standard InChI is InChI=1S/C15H13N4O3/c20-10-8-11-4-6-12(7-5-11)16-14(21)19-15(22)18-9-2-1-3-13(18)17-19/h1-7,9H,8,10H2,(H,16,21). The van der Waals surface area contributed by atoms with Crippen molar-refractivity contribution in [2.24, 2.45) is 0 Å². The molecule has 0 aliphatic rings. The van der Waals surface area contributed by atoms with Crippen LogP contribution in [0.15, 0.2) is 53.5 Å². The lowest BCUT2D eigenvalue weighted by atomic mass is 10.1. The van der Waals surface area contributed by atoms with Gasteiger partial charge in [-0.3, -0.25) is 0 Å². The Morgan fingerprint density at radius 3 is 2.59 bits per heavy atom. The first kappa shape index (κ1) is 14.0. The molecular weight excluding hydrogens is 284 g/mol. The Bertz CT molecular complexity index is 864. The number of amides is 1. The Balaban J connectivity index is 1.84. The van der Waals surface area contributed by atoms with Crippen LogP contribution >= 0.6 is 0 Å². The molecule has 7 heteroatoms. The lowest BCUT2D eigenvalue weighted by Crippen LogP contribution is -2.31. The second-order valence-electron chi connectivity index (χ2n) is 4.70. The second kappa shape index (κ2) is 5.82. The highest BCUT2D eigenvalue weighted by Gasteiger charge is 2.13. The molecule has 0 saturated carbocycles. The van der Waals surface area contributed by atoms with Crippen molar-refractivity contribution < 1.29 is 9.90 Å². The number of carbonyl (C=O) groups is 1. The molecule has 0 atom stereocenters. The molecule has 2 aromatic heterocycles. The molecule has 3 rings (SSSR count). The van der Waals surface area contributed by atoms with Crippen molar-refractivity contribution in [1.82, 2.24) is 14.2 Å². The van der Waals surface area contributed by atoms with Gasteiger partial charge in [0.15, 0.2) is 5.65 Å². The average molecular weight is 297 g/mol. The molecule has 22 heavy (non-hydrogen) atoms. The molecule has 0 bridgehead atoms. The smallest absolute Gasteiger partial charge is 0.306 e. The predicted molar refractivity (Wildman–Crippen MR) is 79.6 cm³/mol. The number of hydrogen-bond acceptors (Lipinski definition) is 3. The number of fused-ring (bicyclic) bond motifs is 1. The molecular formula is C15H13N4O3. The molecule has 0 spiro atoms. The van der Waals surface area contributed by atoms with Crippen LogP contribution < -0.4 is 11.0 Å². The van der Waals surface area contributed by atoms with Gasteiger partial charge in [-0.2, -0.15) is 0 Å². The molecule has 7 nitrogen and oxygen atoms in total. The van der Waals surface area contributed by atoms with Crippen LogP contribution in [-0.4, -0.2) is 26.8 Å². The summed E-state index contributed by atoms with van der Waals surface area (Å²) < 4.78 is 2.07. The maximum Gasteiger partial charge on any atom is 0.359 e. The molecule has 0 aliphatic heterocycles. The van der Waals surface area contributed by atoms with Crippen LogP contribution in [0.5, 0.6) is 0 Å². The Labute approximate surface area is 125 Å². The van der Waals surface area contributed by atoms with Gasteiger partial charge in [-0.15, -0.1) is 9.78 Å². The highest BCUT2D eigenvalue weighted by atomic mass is 16.3. The first-order chi connectivity index (χ1) is 10.7. The van der Waals surface area contributed by atoms with Crippen molar-refractivity contribution in [3.63, 3.8) is 0 Å². The zero-order valence-corrected chi connectivity index (χ0v) is 11.6. The fraction of sp³-hybridized carbons (Fsp3) is 0.133. The summed E-state index contributed by atoms with van der Waals surface area (Å²) in [6.45, 7) is -0.178. The minimum Gasteiger partial charge on any atom is -0.306 e. The quantitative estimate of drug-likeness (QED) is 0.795. The van der Waals surface area contributed by atoms with Crippen molar-refractivity contribution in [2.45, 2.75) is 6.42 Å². The molecule has 0 saturated heterocycles. The monoisotopic (exact) mass is 297 g/mol. The van der Waals surface area contributed by atoms with Crippen molar-refractivity contribution in [3.05, 3.63) is 64.7 Å². The first-order valence-corrected chi connectivity index (χ1v) is 6.74. The number of benzene rings is 1. The van der Waals surface area contributed by atoms with E-state index in [2.05, 4.69) is 10.4 Å². The number of nitrogens with zero attached hydrogens (tertiary/aromatic N) is 3. The molecule has 0 unspecified atom stereocenters. The Hall–Kier alpha value is -2.93. The van der Waals surface area contributed by atoms with E-state index in [1.807, 2.05) is 0 Å². The van der Waals surface area contributed by atoms with Gasteiger partial charge in [0.05, 0.1) is 6.61 Å².